The highest BCUT2D eigenvalue weighted by Gasteiger charge is 2.20. The highest BCUT2D eigenvalue weighted by atomic mass is 15.4. The molecule has 0 bridgehead atoms. The van der Waals surface area contributed by atoms with Crippen molar-refractivity contribution >= 4 is 22.9 Å². The molecule has 0 N–H and O–H groups in total. The van der Waals surface area contributed by atoms with Gasteiger partial charge in [-0.15, -0.1) is 20.4 Å². The van der Waals surface area contributed by atoms with E-state index >= 15 is 0 Å². The zero-order chi connectivity index (χ0) is 17.7. The lowest BCUT2D eigenvalue weighted by atomic mass is 10.3. The van der Waals surface area contributed by atoms with Gasteiger partial charge in [0, 0.05) is 26.2 Å². The van der Waals surface area contributed by atoms with Crippen LogP contribution in [0.3, 0.4) is 0 Å². The van der Waals surface area contributed by atoms with Crippen LogP contribution in [0, 0.1) is 13.8 Å². The van der Waals surface area contributed by atoms with Gasteiger partial charge in [0.2, 0.25) is 0 Å². The third-order valence-corrected chi connectivity index (χ3v) is 4.76. The lowest BCUT2D eigenvalue weighted by molar-refractivity contribution is 0.630. The van der Waals surface area contributed by atoms with Crippen LogP contribution in [-0.2, 0) is 0 Å². The Labute approximate surface area is 149 Å². The van der Waals surface area contributed by atoms with Crippen molar-refractivity contribution in [1.29, 1.82) is 0 Å². The summed E-state index contributed by atoms with van der Waals surface area (Å²) in [4.78, 5) is 9.02. The molecule has 1 saturated heterocycles. The van der Waals surface area contributed by atoms with Crippen LogP contribution in [0.2, 0.25) is 0 Å². The molecule has 1 aliphatic heterocycles. The van der Waals surface area contributed by atoms with Crippen molar-refractivity contribution in [3.63, 3.8) is 0 Å². The van der Waals surface area contributed by atoms with Crippen LogP contribution < -0.4 is 9.80 Å². The molecule has 26 heavy (non-hydrogen) atoms. The molecule has 0 aliphatic carbocycles. The second-order valence-corrected chi connectivity index (χ2v) is 6.56. The van der Waals surface area contributed by atoms with E-state index in [1.165, 1.54) is 0 Å². The molecule has 5 rings (SSSR count). The van der Waals surface area contributed by atoms with Crippen molar-refractivity contribution in [1.82, 2.24) is 34.4 Å². The zero-order valence-corrected chi connectivity index (χ0v) is 14.7. The zero-order valence-electron chi connectivity index (χ0n) is 14.7. The van der Waals surface area contributed by atoms with Crippen molar-refractivity contribution in [3.05, 3.63) is 42.0 Å². The second-order valence-electron chi connectivity index (χ2n) is 6.56. The summed E-state index contributed by atoms with van der Waals surface area (Å²) in [6.45, 7) is 7.47. The lowest BCUT2D eigenvalue weighted by Crippen LogP contribution is -2.47. The molecule has 9 nitrogen and oxygen atoms in total. The van der Waals surface area contributed by atoms with E-state index in [1.54, 1.807) is 4.52 Å². The van der Waals surface area contributed by atoms with Gasteiger partial charge in [-0.3, -0.25) is 0 Å². The predicted octanol–water partition coefficient (Wildman–Crippen LogP) is 1.11. The third kappa shape index (κ3) is 2.43. The molecular formula is C17H19N9. The summed E-state index contributed by atoms with van der Waals surface area (Å²) in [6.07, 6.45) is 1.95. The molecule has 132 valence electrons. The molecule has 4 aromatic heterocycles. The van der Waals surface area contributed by atoms with Crippen LogP contribution in [0.25, 0.3) is 11.3 Å². The highest BCUT2D eigenvalue weighted by Crippen LogP contribution is 2.18. The molecule has 5 heterocycles. The summed E-state index contributed by atoms with van der Waals surface area (Å²) in [5.41, 5.74) is 2.63. The minimum absolute atomic E-state index is 0.776. The SMILES string of the molecule is Cc1cn2nc(N3CCN(c4ccc5nnc(C)n5n4)CC3)ccc2n1. The second kappa shape index (κ2) is 5.65. The number of rotatable bonds is 2. The molecule has 1 fully saturated rings. The molecule has 9 heteroatoms. The first-order chi connectivity index (χ1) is 12.7. The van der Waals surface area contributed by atoms with Gasteiger partial charge in [-0.1, -0.05) is 0 Å². The third-order valence-electron chi connectivity index (χ3n) is 4.76. The van der Waals surface area contributed by atoms with E-state index in [1.807, 2.05) is 48.8 Å². The number of nitrogens with zero attached hydrogens (tertiary/aromatic N) is 9. The Morgan fingerprint density at radius 3 is 2.15 bits per heavy atom. The maximum Gasteiger partial charge on any atom is 0.178 e. The van der Waals surface area contributed by atoms with Crippen molar-refractivity contribution in [2.75, 3.05) is 36.0 Å². The first-order valence-electron chi connectivity index (χ1n) is 8.69. The Morgan fingerprint density at radius 2 is 1.42 bits per heavy atom. The number of piperazine rings is 1. The summed E-state index contributed by atoms with van der Waals surface area (Å²) in [5, 5.41) is 17.5. The Bertz CT molecular complexity index is 1090. The van der Waals surface area contributed by atoms with Crippen molar-refractivity contribution in [2.24, 2.45) is 0 Å². The Balaban J connectivity index is 1.34. The van der Waals surface area contributed by atoms with Crippen LogP contribution in [0.4, 0.5) is 11.6 Å². The van der Waals surface area contributed by atoms with Gasteiger partial charge < -0.3 is 9.80 Å². The van der Waals surface area contributed by atoms with Gasteiger partial charge in [0.25, 0.3) is 0 Å². The molecule has 0 atom stereocenters. The van der Waals surface area contributed by atoms with Crippen LogP contribution >= 0.6 is 0 Å². The first-order valence-corrected chi connectivity index (χ1v) is 8.69. The van der Waals surface area contributed by atoms with E-state index in [0.29, 0.717) is 0 Å². The monoisotopic (exact) mass is 349 g/mol. The van der Waals surface area contributed by atoms with E-state index in [4.69, 9.17) is 0 Å². The summed E-state index contributed by atoms with van der Waals surface area (Å²) in [7, 11) is 0. The lowest BCUT2D eigenvalue weighted by Gasteiger charge is -2.35. The minimum atomic E-state index is 0.776. The minimum Gasteiger partial charge on any atom is -0.352 e. The number of hydrogen-bond donors (Lipinski definition) is 0. The molecule has 4 aromatic rings. The van der Waals surface area contributed by atoms with Crippen molar-refractivity contribution in [3.8, 4) is 0 Å². The Hall–Kier alpha value is -3.23. The van der Waals surface area contributed by atoms with Gasteiger partial charge in [-0.2, -0.15) is 4.52 Å². The molecule has 0 aromatic carbocycles. The summed E-state index contributed by atoms with van der Waals surface area (Å²) in [6, 6.07) is 8.04. The average Bonchev–Trinajstić information content (AvgIpc) is 3.22. The molecule has 0 spiro atoms. The van der Waals surface area contributed by atoms with Gasteiger partial charge in [-0.25, -0.2) is 9.50 Å². The summed E-state index contributed by atoms with van der Waals surface area (Å²) < 4.78 is 3.64. The number of anilines is 2. The number of fused-ring (bicyclic) bond motifs is 2. The van der Waals surface area contributed by atoms with Crippen LogP contribution in [-0.4, -0.2) is 60.6 Å². The molecule has 0 radical (unpaired) electrons. The summed E-state index contributed by atoms with van der Waals surface area (Å²) >= 11 is 0. The average molecular weight is 349 g/mol. The molecule has 0 saturated carbocycles. The normalized spacial score (nSPS) is 15.3. The van der Waals surface area contributed by atoms with E-state index < -0.39 is 0 Å². The van der Waals surface area contributed by atoms with Crippen LogP contribution in [0.15, 0.2) is 30.5 Å². The molecule has 1 aliphatic rings. The van der Waals surface area contributed by atoms with Crippen LogP contribution in [0.1, 0.15) is 11.5 Å². The van der Waals surface area contributed by atoms with Gasteiger partial charge in [0.1, 0.15) is 11.6 Å². The standard InChI is InChI=1S/C17H19N9/c1-12-11-25-14(18-12)3-5-16(21-25)23-7-9-24(10-8-23)17-6-4-15-20-19-13(2)26(15)22-17/h3-6,11H,7-10H2,1-2H3. The topological polar surface area (TPSA) is 79.8 Å². The smallest absolute Gasteiger partial charge is 0.178 e. The fraction of sp³-hybridized carbons (Fsp3) is 0.353. The first kappa shape index (κ1) is 15.1. The maximum atomic E-state index is 4.69. The quantitative estimate of drug-likeness (QED) is 0.536. The predicted molar refractivity (Wildman–Crippen MR) is 97.7 cm³/mol. The molecule has 0 amide bonds. The Kier molecular flexibility index (Phi) is 3.27. The van der Waals surface area contributed by atoms with Gasteiger partial charge >= 0.3 is 0 Å². The molecular weight excluding hydrogens is 330 g/mol. The fourth-order valence-electron chi connectivity index (χ4n) is 3.38. The van der Waals surface area contributed by atoms with Gasteiger partial charge in [0.05, 0.1) is 11.9 Å². The largest absolute Gasteiger partial charge is 0.352 e. The van der Waals surface area contributed by atoms with Gasteiger partial charge in [0.15, 0.2) is 17.1 Å². The molecule has 0 unspecified atom stereocenters. The van der Waals surface area contributed by atoms with Crippen LogP contribution in [0.5, 0.6) is 0 Å². The van der Waals surface area contributed by atoms with E-state index in [0.717, 1.165) is 60.6 Å². The van der Waals surface area contributed by atoms with Crippen molar-refractivity contribution in [2.45, 2.75) is 13.8 Å². The Morgan fingerprint density at radius 1 is 0.769 bits per heavy atom. The maximum absolute atomic E-state index is 4.69. The van der Waals surface area contributed by atoms with Gasteiger partial charge in [-0.05, 0) is 38.1 Å². The van der Waals surface area contributed by atoms with E-state index in [2.05, 4.69) is 35.2 Å². The van der Waals surface area contributed by atoms with E-state index in [9.17, 15) is 0 Å². The highest BCUT2D eigenvalue weighted by molar-refractivity contribution is 5.50. The number of imidazole rings is 1. The number of aromatic nitrogens is 7. The fourth-order valence-corrected chi connectivity index (χ4v) is 3.38. The van der Waals surface area contributed by atoms with Crippen molar-refractivity contribution < 1.29 is 0 Å². The number of hydrogen-bond acceptors (Lipinski definition) is 7. The van der Waals surface area contributed by atoms with E-state index in [-0.39, 0.29) is 0 Å². The summed E-state index contributed by atoms with van der Waals surface area (Å²) in [5.74, 6) is 2.73. The number of aryl methyl sites for hydroxylation is 2.